The minimum atomic E-state index is -1.13. The Bertz CT molecular complexity index is 930. The second kappa shape index (κ2) is 11.3. The van der Waals surface area contributed by atoms with Crippen molar-refractivity contribution in [1.29, 1.82) is 0 Å². The van der Waals surface area contributed by atoms with Crippen LogP contribution in [-0.4, -0.2) is 54.3 Å². The Morgan fingerprint density at radius 3 is 2.43 bits per heavy atom. The van der Waals surface area contributed by atoms with Gasteiger partial charge in [0.2, 0.25) is 0 Å². The number of rotatable bonds is 6. The Morgan fingerprint density at radius 1 is 1.10 bits per heavy atom. The topological polar surface area (TPSA) is 39.6 Å². The SMILES string of the molecule is CCN1CCN(c2nc(-c3ccc(C(F)CCO)cc3)cc3ccsc23)CC1.Cl.Cl. The number of nitrogens with zero attached hydrogens (tertiary/aromatic N) is 3. The third-order valence-corrected chi connectivity index (χ3v) is 6.41. The van der Waals surface area contributed by atoms with Crippen LogP contribution < -0.4 is 4.90 Å². The van der Waals surface area contributed by atoms with Crippen molar-refractivity contribution < 1.29 is 9.50 Å². The highest BCUT2D eigenvalue weighted by molar-refractivity contribution is 7.17. The number of anilines is 1. The summed E-state index contributed by atoms with van der Waals surface area (Å²) in [4.78, 5) is 9.87. The number of hydrogen-bond acceptors (Lipinski definition) is 5. The Kier molecular flexibility index (Phi) is 9.31. The standard InChI is InChI=1S/C22H26FN3OS.2ClH/c1-2-25-9-11-26(12-10-25)22-21-18(8-14-28-21)15-20(24-22)17-5-3-16(4-6-17)19(23)7-13-27;;/h3-6,8,14-15,19,27H,2,7,9-13H2,1H3;2*1H. The lowest BCUT2D eigenvalue weighted by Crippen LogP contribution is -2.46. The molecule has 30 heavy (non-hydrogen) atoms. The molecule has 8 heteroatoms. The van der Waals surface area contributed by atoms with Crippen molar-refractivity contribution in [3.63, 3.8) is 0 Å². The highest BCUT2D eigenvalue weighted by atomic mass is 35.5. The summed E-state index contributed by atoms with van der Waals surface area (Å²) >= 11 is 1.74. The molecule has 0 aliphatic carbocycles. The molecule has 1 fully saturated rings. The van der Waals surface area contributed by atoms with Gasteiger partial charge in [-0.25, -0.2) is 9.37 Å². The molecule has 1 aliphatic rings. The number of hydrogen-bond donors (Lipinski definition) is 1. The summed E-state index contributed by atoms with van der Waals surface area (Å²) in [7, 11) is 0. The molecule has 0 saturated carbocycles. The molecule has 0 spiro atoms. The van der Waals surface area contributed by atoms with Crippen LogP contribution in [0.5, 0.6) is 0 Å². The van der Waals surface area contributed by atoms with Crippen LogP contribution in [0.15, 0.2) is 41.8 Å². The molecular weight excluding hydrogens is 444 g/mol. The molecule has 0 bridgehead atoms. The molecular formula is C22H28Cl2FN3OS. The zero-order valence-electron chi connectivity index (χ0n) is 17.0. The van der Waals surface area contributed by atoms with Crippen LogP contribution in [0.25, 0.3) is 21.3 Å². The molecule has 0 radical (unpaired) electrons. The molecule has 1 aliphatic heterocycles. The molecule has 1 unspecified atom stereocenters. The minimum absolute atomic E-state index is 0. The van der Waals surface area contributed by atoms with Crippen molar-refractivity contribution in [3.05, 3.63) is 47.3 Å². The largest absolute Gasteiger partial charge is 0.396 e. The number of fused-ring (bicyclic) bond motifs is 1. The molecule has 1 saturated heterocycles. The molecule has 2 aromatic heterocycles. The lowest BCUT2D eigenvalue weighted by molar-refractivity contribution is 0.222. The van der Waals surface area contributed by atoms with E-state index in [9.17, 15) is 4.39 Å². The van der Waals surface area contributed by atoms with E-state index in [4.69, 9.17) is 10.1 Å². The van der Waals surface area contributed by atoms with E-state index < -0.39 is 6.17 Å². The van der Waals surface area contributed by atoms with Gasteiger partial charge in [0.15, 0.2) is 0 Å². The highest BCUT2D eigenvalue weighted by Gasteiger charge is 2.20. The number of aromatic nitrogens is 1. The zero-order chi connectivity index (χ0) is 19.5. The van der Waals surface area contributed by atoms with E-state index in [1.165, 1.54) is 10.1 Å². The number of likely N-dealkylation sites (N-methyl/N-ethyl adjacent to an activating group) is 1. The zero-order valence-corrected chi connectivity index (χ0v) is 19.4. The van der Waals surface area contributed by atoms with Crippen molar-refractivity contribution in [2.75, 3.05) is 44.2 Å². The Balaban J connectivity index is 0.00000160. The van der Waals surface area contributed by atoms with Crippen LogP contribution in [-0.2, 0) is 0 Å². The van der Waals surface area contributed by atoms with Gasteiger partial charge < -0.3 is 14.9 Å². The molecule has 4 rings (SSSR count). The summed E-state index contributed by atoms with van der Waals surface area (Å²) in [5, 5.41) is 12.3. The number of pyridine rings is 1. The summed E-state index contributed by atoms with van der Waals surface area (Å²) in [6, 6.07) is 11.7. The van der Waals surface area contributed by atoms with Gasteiger partial charge in [-0.1, -0.05) is 31.2 Å². The van der Waals surface area contributed by atoms with Crippen molar-refractivity contribution in [1.82, 2.24) is 9.88 Å². The molecule has 4 nitrogen and oxygen atoms in total. The van der Waals surface area contributed by atoms with E-state index in [2.05, 4.69) is 34.2 Å². The fraction of sp³-hybridized carbons (Fsp3) is 0.409. The fourth-order valence-corrected chi connectivity index (χ4v) is 4.63. The van der Waals surface area contributed by atoms with Crippen LogP contribution in [0, 0.1) is 0 Å². The van der Waals surface area contributed by atoms with Crippen LogP contribution in [0.4, 0.5) is 10.2 Å². The van der Waals surface area contributed by atoms with Crippen LogP contribution >= 0.6 is 36.2 Å². The van der Waals surface area contributed by atoms with E-state index in [-0.39, 0.29) is 37.8 Å². The van der Waals surface area contributed by atoms with Crippen LogP contribution in [0.3, 0.4) is 0 Å². The van der Waals surface area contributed by atoms with E-state index in [1.807, 2.05) is 12.1 Å². The van der Waals surface area contributed by atoms with Crippen molar-refractivity contribution >= 4 is 52.1 Å². The minimum Gasteiger partial charge on any atom is -0.396 e. The van der Waals surface area contributed by atoms with E-state index >= 15 is 0 Å². The number of alkyl halides is 1. The number of halogens is 3. The van der Waals surface area contributed by atoms with Crippen LogP contribution in [0.2, 0.25) is 0 Å². The molecule has 0 amide bonds. The van der Waals surface area contributed by atoms with Gasteiger partial charge in [-0.05, 0) is 35.0 Å². The van der Waals surface area contributed by atoms with Gasteiger partial charge >= 0.3 is 0 Å². The molecule has 1 N–H and O–H groups in total. The van der Waals surface area contributed by atoms with Crippen LogP contribution in [0.1, 0.15) is 25.1 Å². The highest BCUT2D eigenvalue weighted by Crippen LogP contribution is 2.34. The maximum atomic E-state index is 14.0. The van der Waals surface area contributed by atoms with Crippen molar-refractivity contribution in [3.8, 4) is 11.3 Å². The molecule has 3 aromatic rings. The first-order valence-corrected chi connectivity index (χ1v) is 10.8. The van der Waals surface area contributed by atoms with Gasteiger partial charge in [0, 0.05) is 44.8 Å². The lowest BCUT2D eigenvalue weighted by atomic mass is 10.0. The van der Waals surface area contributed by atoms with Gasteiger partial charge in [0.25, 0.3) is 0 Å². The number of thiophene rings is 1. The Hall–Kier alpha value is -1.44. The number of piperazine rings is 1. The second-order valence-electron chi connectivity index (χ2n) is 7.19. The van der Waals surface area contributed by atoms with Crippen molar-refractivity contribution in [2.24, 2.45) is 0 Å². The maximum absolute atomic E-state index is 14.0. The van der Waals surface area contributed by atoms with E-state index in [0.717, 1.165) is 49.8 Å². The summed E-state index contributed by atoms with van der Waals surface area (Å²) < 4.78 is 15.3. The van der Waals surface area contributed by atoms with E-state index in [0.29, 0.717) is 5.56 Å². The summed E-state index contributed by atoms with van der Waals surface area (Å²) in [6.45, 7) is 7.25. The first-order valence-electron chi connectivity index (χ1n) is 9.90. The molecule has 1 atom stereocenters. The van der Waals surface area contributed by atoms with Gasteiger partial charge in [0.1, 0.15) is 12.0 Å². The quantitative estimate of drug-likeness (QED) is 0.526. The van der Waals surface area contributed by atoms with Crippen molar-refractivity contribution in [2.45, 2.75) is 19.5 Å². The Labute approximate surface area is 193 Å². The number of aliphatic hydroxyl groups is 1. The van der Waals surface area contributed by atoms with Gasteiger partial charge in [-0.2, -0.15) is 0 Å². The number of benzene rings is 1. The second-order valence-corrected chi connectivity index (χ2v) is 8.11. The normalized spacial score (nSPS) is 15.5. The van der Waals surface area contributed by atoms with E-state index in [1.54, 1.807) is 23.5 Å². The smallest absolute Gasteiger partial charge is 0.147 e. The summed E-state index contributed by atoms with van der Waals surface area (Å²) in [6.07, 6.45) is -0.997. The lowest BCUT2D eigenvalue weighted by Gasteiger charge is -2.35. The number of aliphatic hydroxyl groups excluding tert-OH is 1. The third kappa shape index (κ3) is 5.24. The van der Waals surface area contributed by atoms with Gasteiger partial charge in [-0.3, -0.25) is 0 Å². The first-order chi connectivity index (χ1) is 13.7. The molecule has 164 valence electrons. The predicted molar refractivity (Wildman–Crippen MR) is 129 cm³/mol. The third-order valence-electron chi connectivity index (χ3n) is 5.49. The first kappa shape index (κ1) is 24.8. The van der Waals surface area contributed by atoms with Gasteiger partial charge in [-0.15, -0.1) is 36.2 Å². The monoisotopic (exact) mass is 471 g/mol. The average Bonchev–Trinajstić information content (AvgIpc) is 3.22. The summed E-state index contributed by atoms with van der Waals surface area (Å²) in [5.41, 5.74) is 2.51. The molecule has 3 heterocycles. The Morgan fingerprint density at radius 2 is 1.80 bits per heavy atom. The predicted octanol–water partition coefficient (Wildman–Crippen LogP) is 5.34. The maximum Gasteiger partial charge on any atom is 0.147 e. The van der Waals surface area contributed by atoms with Gasteiger partial charge in [0.05, 0.1) is 10.4 Å². The summed E-state index contributed by atoms with van der Waals surface area (Å²) in [5.74, 6) is 1.06. The molecule has 1 aromatic carbocycles. The average molecular weight is 472 g/mol. The fourth-order valence-electron chi connectivity index (χ4n) is 3.74.